The Morgan fingerprint density at radius 1 is 0.389 bits per heavy atom. The second kappa shape index (κ2) is 25.3. The summed E-state index contributed by atoms with van der Waals surface area (Å²) in [6.07, 6.45) is -51.9. The molecule has 0 aromatic heterocycles. The molecule has 0 saturated carbocycles. The Hall–Kier alpha value is -2.18. The molecule has 72 heavy (non-hydrogen) atoms. The van der Waals surface area contributed by atoms with Gasteiger partial charge < -0.3 is 150 Å². The molecule has 6 heterocycles. The van der Waals surface area contributed by atoms with E-state index in [0.29, 0.717) is 0 Å². The van der Waals surface area contributed by atoms with E-state index < -0.39 is 229 Å². The van der Waals surface area contributed by atoms with Crippen LogP contribution in [0.3, 0.4) is 0 Å². The van der Waals surface area contributed by atoms with Gasteiger partial charge in [0.1, 0.15) is 140 Å². The van der Waals surface area contributed by atoms with E-state index in [-0.39, 0.29) is 0 Å². The first-order valence-corrected chi connectivity index (χ1v) is 23.0. The molecular weight excluding hydrogens is 988 g/mol. The molecule has 0 aromatic carbocycles. The third kappa shape index (κ3) is 12.8. The average Bonchev–Trinajstić information content (AvgIpc) is 3.34. The van der Waals surface area contributed by atoms with Crippen molar-refractivity contribution in [1.82, 2.24) is 10.6 Å². The van der Waals surface area contributed by atoms with Crippen molar-refractivity contribution in [2.75, 3.05) is 33.0 Å². The zero-order valence-corrected chi connectivity index (χ0v) is 38.8. The van der Waals surface area contributed by atoms with Gasteiger partial charge in [-0.2, -0.15) is 0 Å². The fourth-order valence-corrected chi connectivity index (χ4v) is 9.05. The number of aliphatic hydroxyl groups excluding tert-OH is 17. The summed E-state index contributed by atoms with van der Waals surface area (Å²) < 4.78 is 62.9. The van der Waals surface area contributed by atoms with E-state index in [1.807, 2.05) is 0 Å². The summed E-state index contributed by atoms with van der Waals surface area (Å²) in [6, 6.07) is -3.43. The van der Waals surface area contributed by atoms with E-state index in [2.05, 4.69) is 10.6 Å². The van der Waals surface area contributed by atoms with Gasteiger partial charge in [0, 0.05) is 13.8 Å². The molecule has 6 aliphatic heterocycles. The summed E-state index contributed by atoms with van der Waals surface area (Å²) in [7, 11) is 0. The second-order valence-electron chi connectivity index (χ2n) is 18.3. The topological polar surface area (TPSA) is 504 Å². The van der Waals surface area contributed by atoms with Crippen LogP contribution in [0, 0.1) is 0 Å². The number of nitrogens with one attached hydrogen (secondary N) is 2. The molecule has 30 atom stereocenters. The highest BCUT2D eigenvalue weighted by Gasteiger charge is 2.57. The third-order valence-electron chi connectivity index (χ3n) is 13.2. The SMILES string of the molecule is CC(=O)N[C@@H]1[C@@H](O[C@H]2O[C@H](CO)[C@H](O[C@H]3O[C@H](CO[C@@H]4O[C@@H](C)[C@H](O)[C@@H](O)[C@H]4O)[C@@H](O)[C@H](O)[C@H]3O)[C@H](O[C@@H]3O[C@H](CO)[C@@H](O)[C@H](O)[C@H]3NC(C)=O)[C@H]2O)[C@H](O)[C@@H](CO[C@H]2O[C@H](CO)[C@@H](O)[C@H](O)[C@H]2O)O[C@@H]1O. The van der Waals surface area contributed by atoms with Crippen molar-refractivity contribution in [3.05, 3.63) is 0 Å². The van der Waals surface area contributed by atoms with Crippen LogP contribution in [0.2, 0.25) is 0 Å². The van der Waals surface area contributed by atoms with Crippen molar-refractivity contribution in [2.45, 2.75) is 205 Å². The van der Waals surface area contributed by atoms with Gasteiger partial charge >= 0.3 is 0 Å². The molecule has 0 aromatic rings. The quantitative estimate of drug-likeness (QED) is 0.0643. The van der Waals surface area contributed by atoms with Gasteiger partial charge in [-0.25, -0.2) is 0 Å². The fourth-order valence-electron chi connectivity index (χ4n) is 9.05. The highest BCUT2D eigenvalue weighted by atomic mass is 16.8. The number of carbonyl (C=O) groups is 2. The second-order valence-corrected chi connectivity index (χ2v) is 18.3. The van der Waals surface area contributed by atoms with E-state index in [4.69, 9.17) is 52.1 Å². The minimum atomic E-state index is -2.31. The normalized spacial score (nSPS) is 50.3. The van der Waals surface area contributed by atoms with Crippen LogP contribution >= 0.6 is 0 Å². The van der Waals surface area contributed by atoms with Crippen LogP contribution in [-0.4, -0.2) is 316 Å². The molecule has 0 bridgehead atoms. The summed E-state index contributed by atoms with van der Waals surface area (Å²) in [5, 5.41) is 187. The first-order valence-electron chi connectivity index (χ1n) is 23.0. The molecule has 6 aliphatic rings. The predicted octanol–water partition coefficient (Wildman–Crippen LogP) is -12.8. The molecule has 6 fully saturated rings. The summed E-state index contributed by atoms with van der Waals surface area (Å²) in [5.74, 6) is -1.63. The molecule has 0 unspecified atom stereocenters. The van der Waals surface area contributed by atoms with Crippen LogP contribution in [0.25, 0.3) is 0 Å². The van der Waals surface area contributed by atoms with E-state index in [9.17, 15) is 96.4 Å². The van der Waals surface area contributed by atoms with Gasteiger partial charge in [-0.1, -0.05) is 0 Å². The lowest BCUT2D eigenvalue weighted by Gasteiger charge is -2.51. The molecular formula is C40H68N2O30. The smallest absolute Gasteiger partial charge is 0.217 e. The maximum absolute atomic E-state index is 12.4. The Balaban J connectivity index is 1.29. The highest BCUT2D eigenvalue weighted by molar-refractivity contribution is 5.73. The van der Waals surface area contributed by atoms with Crippen LogP contribution < -0.4 is 10.6 Å². The number of hydrogen-bond donors (Lipinski definition) is 19. The van der Waals surface area contributed by atoms with Crippen LogP contribution in [0.15, 0.2) is 0 Å². The van der Waals surface area contributed by atoms with Crippen LogP contribution in [-0.2, 0) is 61.7 Å². The number of carbonyl (C=O) groups excluding carboxylic acids is 2. The summed E-state index contributed by atoms with van der Waals surface area (Å²) in [6.45, 7) is -1.06. The van der Waals surface area contributed by atoms with Crippen molar-refractivity contribution < 1.29 is 149 Å². The number of hydrogen-bond acceptors (Lipinski definition) is 30. The number of aliphatic hydroxyl groups is 17. The van der Waals surface area contributed by atoms with Crippen LogP contribution in [0.5, 0.6) is 0 Å². The maximum Gasteiger partial charge on any atom is 0.217 e. The molecule has 0 aliphatic carbocycles. The molecule has 6 saturated heterocycles. The van der Waals surface area contributed by atoms with Crippen molar-refractivity contribution in [3.8, 4) is 0 Å². The van der Waals surface area contributed by atoms with E-state index in [0.717, 1.165) is 13.8 Å². The minimum Gasteiger partial charge on any atom is -0.394 e. The van der Waals surface area contributed by atoms with Crippen molar-refractivity contribution in [3.63, 3.8) is 0 Å². The molecule has 418 valence electrons. The lowest BCUT2D eigenvalue weighted by molar-refractivity contribution is -0.393. The predicted molar refractivity (Wildman–Crippen MR) is 221 cm³/mol. The van der Waals surface area contributed by atoms with Gasteiger partial charge in [-0.05, 0) is 6.92 Å². The zero-order chi connectivity index (χ0) is 53.2. The van der Waals surface area contributed by atoms with Crippen molar-refractivity contribution in [1.29, 1.82) is 0 Å². The van der Waals surface area contributed by atoms with Crippen LogP contribution in [0.1, 0.15) is 20.8 Å². The molecule has 0 radical (unpaired) electrons. The molecule has 2 amide bonds. The summed E-state index contributed by atoms with van der Waals surface area (Å²) in [5.41, 5.74) is 0. The highest BCUT2D eigenvalue weighted by Crippen LogP contribution is 2.36. The Morgan fingerprint density at radius 3 is 1.35 bits per heavy atom. The summed E-state index contributed by atoms with van der Waals surface area (Å²) in [4.78, 5) is 24.8. The molecule has 0 spiro atoms. The Labute approximate surface area is 408 Å². The number of amides is 2. The standard InChI is InChI=1S/C40H68N2O30/c1-9-19(48)25(54)28(57)37(64-9)62-7-15-22(51)27(56)30(59)39(69-15)70-32-14(6-45)68-40(31(60)34(32)72-36-17(41-10(2)46)24(53)20(49)12(4-43)66-36)71-33-18(42-11(3)47)35(61)65-16(23(33)52)8-63-38-29(58)26(55)21(50)13(5-44)67-38/h9,12-40,43-45,48-61H,4-8H2,1-3H3,(H,41,46)(H,42,47)/t9-,12+,13+,14+,15+,16+,17+,18+,19-,20+,21+,22+,23+,24+,25+,26-,27-,28+,29+,30+,31+,32-,33+,34+,35-,36-,37+,38-,39+,40+/m0/s1. The Kier molecular flexibility index (Phi) is 20.8. The van der Waals surface area contributed by atoms with Gasteiger partial charge in [0.2, 0.25) is 11.8 Å². The van der Waals surface area contributed by atoms with Gasteiger partial charge in [0.15, 0.2) is 37.7 Å². The Bertz CT molecular complexity index is 1730. The number of rotatable bonds is 17. The van der Waals surface area contributed by atoms with E-state index in [1.54, 1.807) is 0 Å². The zero-order valence-electron chi connectivity index (χ0n) is 38.8. The lowest BCUT2D eigenvalue weighted by Crippen LogP contribution is -2.70. The largest absolute Gasteiger partial charge is 0.394 e. The maximum atomic E-state index is 12.4. The monoisotopic (exact) mass is 1060 g/mol. The van der Waals surface area contributed by atoms with Gasteiger partial charge in [0.05, 0.1) is 39.1 Å². The molecule has 32 nitrogen and oxygen atoms in total. The Morgan fingerprint density at radius 2 is 0.792 bits per heavy atom. The van der Waals surface area contributed by atoms with Gasteiger partial charge in [0.25, 0.3) is 0 Å². The molecule has 19 N–H and O–H groups in total. The molecule has 6 rings (SSSR count). The van der Waals surface area contributed by atoms with E-state index in [1.165, 1.54) is 6.92 Å². The van der Waals surface area contributed by atoms with Crippen molar-refractivity contribution in [2.24, 2.45) is 0 Å². The lowest BCUT2D eigenvalue weighted by atomic mass is 9.94. The minimum absolute atomic E-state index is 0.758. The van der Waals surface area contributed by atoms with Crippen LogP contribution in [0.4, 0.5) is 0 Å². The van der Waals surface area contributed by atoms with E-state index >= 15 is 0 Å². The van der Waals surface area contributed by atoms with Gasteiger partial charge in [-0.3, -0.25) is 9.59 Å². The van der Waals surface area contributed by atoms with Crippen molar-refractivity contribution >= 4 is 11.8 Å². The summed E-state index contributed by atoms with van der Waals surface area (Å²) >= 11 is 0. The fraction of sp³-hybridized carbons (Fsp3) is 0.950. The average molecular weight is 1060 g/mol. The van der Waals surface area contributed by atoms with Gasteiger partial charge in [-0.15, -0.1) is 0 Å². The first-order chi connectivity index (χ1) is 33.9. The number of ether oxygens (including phenoxy) is 11. The first kappa shape index (κ1) is 59.1. The molecule has 32 heteroatoms. The third-order valence-corrected chi connectivity index (χ3v) is 13.2.